The molecule has 0 bridgehead atoms. The van der Waals surface area contributed by atoms with E-state index in [0.29, 0.717) is 22.6 Å². The van der Waals surface area contributed by atoms with E-state index in [4.69, 9.17) is 9.72 Å². The van der Waals surface area contributed by atoms with E-state index in [1.54, 1.807) is 29.7 Å². The minimum Gasteiger partial charge on any atom is -0.497 e. The maximum Gasteiger partial charge on any atom is 0.262 e. The Balaban J connectivity index is 1.68. The smallest absolute Gasteiger partial charge is 0.262 e. The number of methoxy groups -OCH3 is 1. The number of thioether (sulfide) groups is 1. The predicted molar refractivity (Wildman–Crippen MR) is 133 cm³/mol. The molecular weight excluding hydrogens is 434 g/mol. The number of carbonyl (C=O) groups excluding carboxylic acids is 1. The Morgan fingerprint density at radius 3 is 2.39 bits per heavy atom. The minimum atomic E-state index is -0.439. The minimum absolute atomic E-state index is 0.0652. The molecule has 1 unspecified atom stereocenters. The van der Waals surface area contributed by atoms with Crippen molar-refractivity contribution in [2.45, 2.75) is 23.9 Å². The van der Waals surface area contributed by atoms with Crippen LogP contribution in [0.2, 0.25) is 0 Å². The average Bonchev–Trinajstić information content (AvgIpc) is 2.86. The fourth-order valence-electron chi connectivity index (χ4n) is 3.55. The number of amides is 1. The molecule has 0 saturated heterocycles. The van der Waals surface area contributed by atoms with E-state index in [9.17, 15) is 9.59 Å². The number of para-hydroxylation sites is 2. The first-order chi connectivity index (χ1) is 16.0. The molecule has 4 aromatic rings. The van der Waals surface area contributed by atoms with Crippen molar-refractivity contribution in [1.29, 1.82) is 0 Å². The maximum atomic E-state index is 13.4. The van der Waals surface area contributed by atoms with E-state index in [2.05, 4.69) is 0 Å². The van der Waals surface area contributed by atoms with Gasteiger partial charge in [0.25, 0.3) is 5.56 Å². The second-order valence-electron chi connectivity index (χ2n) is 7.64. The quantitative estimate of drug-likeness (QED) is 0.299. The molecule has 0 aliphatic rings. The highest BCUT2D eigenvalue weighted by Gasteiger charge is 2.23. The summed E-state index contributed by atoms with van der Waals surface area (Å²) in [5.41, 5.74) is 2.25. The van der Waals surface area contributed by atoms with Gasteiger partial charge >= 0.3 is 0 Å². The Morgan fingerprint density at radius 1 is 1.03 bits per heavy atom. The van der Waals surface area contributed by atoms with Crippen molar-refractivity contribution in [3.05, 3.63) is 94.8 Å². The van der Waals surface area contributed by atoms with Gasteiger partial charge in [0.15, 0.2) is 5.16 Å². The number of nitrogens with zero attached hydrogens (tertiary/aromatic N) is 3. The van der Waals surface area contributed by atoms with E-state index in [-0.39, 0.29) is 11.5 Å². The lowest BCUT2D eigenvalue weighted by molar-refractivity contribution is -0.117. The van der Waals surface area contributed by atoms with Crippen LogP contribution >= 0.6 is 11.8 Å². The largest absolute Gasteiger partial charge is 0.497 e. The molecule has 4 rings (SSSR count). The molecule has 33 heavy (non-hydrogen) atoms. The van der Waals surface area contributed by atoms with Crippen molar-refractivity contribution in [2.24, 2.45) is 0 Å². The molecule has 1 aromatic heterocycles. The number of benzene rings is 3. The van der Waals surface area contributed by atoms with Crippen molar-refractivity contribution in [1.82, 2.24) is 9.55 Å². The highest BCUT2D eigenvalue weighted by Crippen LogP contribution is 2.26. The van der Waals surface area contributed by atoms with Crippen molar-refractivity contribution >= 4 is 34.3 Å². The molecule has 0 saturated carbocycles. The summed E-state index contributed by atoms with van der Waals surface area (Å²) in [4.78, 5) is 32.9. The third kappa shape index (κ3) is 4.93. The fourth-order valence-corrected chi connectivity index (χ4v) is 4.55. The Bertz CT molecular complexity index is 1320. The van der Waals surface area contributed by atoms with Crippen LogP contribution < -0.4 is 15.2 Å². The standard InChI is InChI=1S/C26H25N3O3S/c1-18(24(30)28(2)20-9-5-4-6-10-20)33-26-27-23-12-8-7-11-22(23)25(31)29(26)17-19-13-15-21(32-3)16-14-19/h4-16,18H,17H2,1-3H3. The first-order valence-corrected chi connectivity index (χ1v) is 11.5. The van der Waals surface area contributed by atoms with Gasteiger partial charge in [0, 0.05) is 12.7 Å². The van der Waals surface area contributed by atoms with Crippen molar-refractivity contribution in [3.63, 3.8) is 0 Å². The summed E-state index contributed by atoms with van der Waals surface area (Å²) in [6.07, 6.45) is 0. The molecule has 0 aliphatic heterocycles. The number of hydrogen-bond acceptors (Lipinski definition) is 5. The highest BCUT2D eigenvalue weighted by atomic mass is 32.2. The molecule has 6 nitrogen and oxygen atoms in total. The zero-order valence-corrected chi connectivity index (χ0v) is 19.6. The molecule has 0 N–H and O–H groups in total. The fraction of sp³-hybridized carbons (Fsp3) is 0.192. The van der Waals surface area contributed by atoms with Crippen LogP contribution in [-0.2, 0) is 11.3 Å². The van der Waals surface area contributed by atoms with E-state index >= 15 is 0 Å². The number of fused-ring (bicyclic) bond motifs is 1. The van der Waals surface area contributed by atoms with Crippen LogP contribution in [0.4, 0.5) is 5.69 Å². The Labute approximate surface area is 196 Å². The van der Waals surface area contributed by atoms with Crippen LogP contribution in [0.3, 0.4) is 0 Å². The second-order valence-corrected chi connectivity index (χ2v) is 8.95. The molecule has 3 aromatic carbocycles. The molecule has 0 aliphatic carbocycles. The van der Waals surface area contributed by atoms with Gasteiger partial charge in [0.05, 0.1) is 29.8 Å². The number of anilines is 1. The van der Waals surface area contributed by atoms with Gasteiger partial charge in [-0.05, 0) is 48.9 Å². The highest BCUT2D eigenvalue weighted by molar-refractivity contribution is 8.00. The molecule has 1 amide bonds. The van der Waals surface area contributed by atoms with Gasteiger partial charge in [0.1, 0.15) is 5.75 Å². The number of rotatable bonds is 7. The van der Waals surface area contributed by atoms with E-state index in [1.807, 2.05) is 79.7 Å². The maximum absolute atomic E-state index is 13.4. The molecular formula is C26H25N3O3S. The van der Waals surface area contributed by atoms with Crippen LogP contribution in [0.1, 0.15) is 12.5 Å². The van der Waals surface area contributed by atoms with Crippen LogP contribution in [0.15, 0.2) is 88.8 Å². The monoisotopic (exact) mass is 459 g/mol. The molecule has 1 heterocycles. The van der Waals surface area contributed by atoms with Crippen molar-refractivity contribution in [2.75, 3.05) is 19.1 Å². The average molecular weight is 460 g/mol. The Hall–Kier alpha value is -3.58. The molecule has 7 heteroatoms. The van der Waals surface area contributed by atoms with Gasteiger partial charge in [0.2, 0.25) is 5.91 Å². The third-order valence-electron chi connectivity index (χ3n) is 5.43. The van der Waals surface area contributed by atoms with E-state index in [0.717, 1.165) is 17.0 Å². The Morgan fingerprint density at radius 2 is 1.70 bits per heavy atom. The van der Waals surface area contributed by atoms with Gasteiger partial charge in [-0.1, -0.05) is 54.2 Å². The van der Waals surface area contributed by atoms with Crippen LogP contribution in [-0.4, -0.2) is 34.9 Å². The predicted octanol–water partition coefficient (Wildman–Crippen LogP) is 4.60. The summed E-state index contributed by atoms with van der Waals surface area (Å²) in [6, 6.07) is 24.4. The van der Waals surface area contributed by atoms with Crippen molar-refractivity contribution < 1.29 is 9.53 Å². The molecule has 0 fully saturated rings. The molecule has 0 spiro atoms. The van der Waals surface area contributed by atoms with Gasteiger partial charge < -0.3 is 9.64 Å². The summed E-state index contributed by atoms with van der Waals surface area (Å²) in [5.74, 6) is 0.685. The first-order valence-electron chi connectivity index (χ1n) is 10.6. The summed E-state index contributed by atoms with van der Waals surface area (Å²) < 4.78 is 6.88. The second kappa shape index (κ2) is 9.92. The molecule has 0 radical (unpaired) electrons. The lowest BCUT2D eigenvalue weighted by Gasteiger charge is -2.22. The summed E-state index contributed by atoms with van der Waals surface area (Å²) in [5, 5.41) is 0.623. The normalized spacial score (nSPS) is 11.8. The number of aromatic nitrogens is 2. The molecule has 168 valence electrons. The van der Waals surface area contributed by atoms with Crippen LogP contribution in [0, 0.1) is 0 Å². The SMILES string of the molecule is COc1ccc(Cn2c(SC(C)C(=O)N(C)c3ccccc3)nc3ccccc3c2=O)cc1. The van der Waals surface area contributed by atoms with E-state index in [1.165, 1.54) is 11.8 Å². The van der Waals surface area contributed by atoms with Gasteiger partial charge in [-0.3, -0.25) is 14.2 Å². The third-order valence-corrected chi connectivity index (χ3v) is 6.51. The summed E-state index contributed by atoms with van der Waals surface area (Å²) >= 11 is 1.29. The summed E-state index contributed by atoms with van der Waals surface area (Å²) in [7, 11) is 3.37. The van der Waals surface area contributed by atoms with Crippen LogP contribution in [0.25, 0.3) is 10.9 Å². The van der Waals surface area contributed by atoms with Gasteiger partial charge in [-0.25, -0.2) is 4.98 Å². The van der Waals surface area contributed by atoms with Crippen molar-refractivity contribution in [3.8, 4) is 5.75 Å². The van der Waals surface area contributed by atoms with E-state index < -0.39 is 5.25 Å². The number of ether oxygens (including phenoxy) is 1. The van der Waals surface area contributed by atoms with Gasteiger partial charge in [-0.2, -0.15) is 0 Å². The topological polar surface area (TPSA) is 64.4 Å². The summed E-state index contributed by atoms with van der Waals surface area (Å²) in [6.45, 7) is 2.18. The first kappa shape index (κ1) is 22.6. The lowest BCUT2D eigenvalue weighted by atomic mass is 10.2. The zero-order chi connectivity index (χ0) is 23.4. The van der Waals surface area contributed by atoms with Crippen LogP contribution in [0.5, 0.6) is 5.75 Å². The molecule has 1 atom stereocenters. The number of carbonyl (C=O) groups is 1. The Kier molecular flexibility index (Phi) is 6.79. The zero-order valence-electron chi connectivity index (χ0n) is 18.8. The van der Waals surface area contributed by atoms with Gasteiger partial charge in [-0.15, -0.1) is 0 Å². The number of hydrogen-bond donors (Lipinski definition) is 0. The lowest BCUT2D eigenvalue weighted by Crippen LogP contribution is -2.34.